The Morgan fingerprint density at radius 2 is 1.93 bits per heavy atom. The lowest BCUT2D eigenvalue weighted by atomic mass is 9.76. The number of allylic oxidation sites excluding steroid dienone is 3. The summed E-state index contributed by atoms with van der Waals surface area (Å²) in [5, 5.41) is 21.9. The van der Waals surface area contributed by atoms with Crippen LogP contribution >= 0.6 is 0 Å². The largest absolute Gasteiger partial charge is 0.387 e. The van der Waals surface area contributed by atoms with Gasteiger partial charge in [-0.1, -0.05) is 25.5 Å². The number of hydrogen-bond donors (Lipinski definition) is 3. The summed E-state index contributed by atoms with van der Waals surface area (Å²) in [6.07, 6.45) is 8.57. The third-order valence-corrected chi connectivity index (χ3v) is 9.49. The SMILES string of the molecule is COCC(C)(C)C1=CC=C2N=C(CCC3CC(N(C[C@H]4O[C@@H](n5cnc6c(N)ncnc65)[C@H](O)[C@@H]4O)C(C)C)C3)N=C2C1. The van der Waals surface area contributed by atoms with Gasteiger partial charge in [0.1, 0.15) is 36.0 Å². The molecule has 4 N–H and O–H groups in total. The van der Waals surface area contributed by atoms with Gasteiger partial charge in [0.2, 0.25) is 0 Å². The maximum Gasteiger partial charge on any atom is 0.167 e. The molecule has 2 fully saturated rings. The van der Waals surface area contributed by atoms with Crippen LogP contribution in [0.1, 0.15) is 66.0 Å². The van der Waals surface area contributed by atoms with Gasteiger partial charge in [-0.2, -0.15) is 0 Å². The van der Waals surface area contributed by atoms with Crippen molar-refractivity contribution in [2.24, 2.45) is 21.3 Å². The molecule has 0 radical (unpaired) electrons. The first-order valence-corrected chi connectivity index (χ1v) is 15.3. The monoisotopic (exact) mass is 592 g/mol. The van der Waals surface area contributed by atoms with Crippen molar-refractivity contribution >= 4 is 28.5 Å². The normalized spacial score (nSPS) is 29.0. The van der Waals surface area contributed by atoms with Gasteiger partial charge in [-0.05, 0) is 45.1 Å². The van der Waals surface area contributed by atoms with Gasteiger partial charge in [-0.3, -0.25) is 9.47 Å². The summed E-state index contributed by atoms with van der Waals surface area (Å²) in [6.45, 7) is 9.95. The van der Waals surface area contributed by atoms with Gasteiger partial charge in [0.15, 0.2) is 17.7 Å². The summed E-state index contributed by atoms with van der Waals surface area (Å²) in [6, 6.07) is 0.666. The van der Waals surface area contributed by atoms with Crippen LogP contribution in [0.4, 0.5) is 5.82 Å². The zero-order valence-corrected chi connectivity index (χ0v) is 25.7. The molecule has 12 nitrogen and oxygen atoms in total. The minimum atomic E-state index is -1.12. The number of aromatic nitrogens is 4. The summed E-state index contributed by atoms with van der Waals surface area (Å²) in [4.78, 5) is 24.6. The number of ether oxygens (including phenoxy) is 2. The van der Waals surface area contributed by atoms with Crippen molar-refractivity contribution in [2.75, 3.05) is 26.0 Å². The fraction of sp³-hybridized carbons (Fsp3) is 0.645. The standard InChI is InChI=1S/C31H44N8O4/c1-17(2)38(13-23-26(40)27(41)30(43-23)39-16-35-25-28(32)33-15-34-29(25)39)20-10-18(11-20)6-9-24-36-21-8-7-19(12-22(21)37-24)31(3,4)14-42-5/h7-8,15-18,20,23,26-27,30,40-41H,6,9-14H2,1-5H3,(H2,32,33,34)/t18?,20?,23-,26-,27-,30-/m1/s1. The van der Waals surface area contributed by atoms with Crippen molar-refractivity contribution in [1.29, 1.82) is 0 Å². The van der Waals surface area contributed by atoms with Gasteiger partial charge in [-0.25, -0.2) is 24.9 Å². The third kappa shape index (κ3) is 5.78. The number of aliphatic imine (C=N–C) groups is 2. The Hall–Kier alpha value is -3.03. The molecule has 232 valence electrons. The van der Waals surface area contributed by atoms with Crippen molar-refractivity contribution in [3.63, 3.8) is 0 Å². The molecule has 0 bridgehead atoms. The average Bonchev–Trinajstić information content (AvgIpc) is 3.63. The number of aliphatic hydroxyl groups excluding tert-OH is 2. The molecule has 0 aromatic carbocycles. The molecule has 4 atom stereocenters. The van der Waals surface area contributed by atoms with E-state index in [0.29, 0.717) is 36.3 Å². The van der Waals surface area contributed by atoms with Crippen molar-refractivity contribution < 1.29 is 19.7 Å². The molecule has 2 aliphatic heterocycles. The number of aliphatic hydroxyl groups is 2. The van der Waals surface area contributed by atoms with Gasteiger partial charge in [0, 0.05) is 44.0 Å². The molecular weight excluding hydrogens is 548 g/mol. The molecule has 0 unspecified atom stereocenters. The minimum Gasteiger partial charge on any atom is -0.387 e. The Bertz CT molecular complexity index is 1470. The Balaban J connectivity index is 1.02. The van der Waals surface area contributed by atoms with Crippen LogP contribution in [0.3, 0.4) is 0 Å². The number of fused-ring (bicyclic) bond motifs is 2. The highest BCUT2D eigenvalue weighted by Crippen LogP contribution is 2.39. The second-order valence-corrected chi connectivity index (χ2v) is 13.3. The molecule has 4 aliphatic rings. The number of imidazole rings is 1. The summed E-state index contributed by atoms with van der Waals surface area (Å²) in [7, 11) is 1.75. The summed E-state index contributed by atoms with van der Waals surface area (Å²) >= 11 is 0. The molecule has 6 rings (SSSR count). The molecule has 12 heteroatoms. The van der Waals surface area contributed by atoms with E-state index in [1.165, 1.54) is 18.2 Å². The highest BCUT2D eigenvalue weighted by molar-refractivity contribution is 6.14. The average molecular weight is 593 g/mol. The topological polar surface area (TPSA) is 156 Å². The van der Waals surface area contributed by atoms with Crippen LogP contribution in [0.2, 0.25) is 0 Å². The zero-order valence-electron chi connectivity index (χ0n) is 25.7. The lowest BCUT2D eigenvalue weighted by Crippen LogP contribution is -2.52. The first-order chi connectivity index (χ1) is 20.6. The van der Waals surface area contributed by atoms with E-state index in [0.717, 1.165) is 49.3 Å². The zero-order chi connectivity index (χ0) is 30.5. The predicted molar refractivity (Wildman–Crippen MR) is 165 cm³/mol. The van der Waals surface area contributed by atoms with E-state index in [2.05, 4.69) is 59.7 Å². The third-order valence-electron chi connectivity index (χ3n) is 9.49. The summed E-state index contributed by atoms with van der Waals surface area (Å²) in [5.74, 6) is 1.80. The van der Waals surface area contributed by atoms with E-state index < -0.39 is 24.5 Å². The maximum atomic E-state index is 11.0. The Morgan fingerprint density at radius 1 is 1.14 bits per heavy atom. The number of nitrogens with two attached hydrogens (primary N) is 1. The van der Waals surface area contributed by atoms with Crippen LogP contribution in [0.5, 0.6) is 0 Å². The van der Waals surface area contributed by atoms with Crippen molar-refractivity contribution in [3.8, 4) is 0 Å². The van der Waals surface area contributed by atoms with Crippen LogP contribution in [0, 0.1) is 11.3 Å². The van der Waals surface area contributed by atoms with E-state index in [1.54, 1.807) is 11.7 Å². The molecule has 1 saturated heterocycles. The molecule has 2 aromatic rings. The molecular formula is C31H44N8O4. The summed E-state index contributed by atoms with van der Waals surface area (Å²) in [5.41, 5.74) is 10.2. The molecule has 43 heavy (non-hydrogen) atoms. The Labute approximate surface area is 252 Å². The fourth-order valence-electron chi connectivity index (χ4n) is 6.85. The summed E-state index contributed by atoms with van der Waals surface area (Å²) < 4.78 is 13.3. The highest BCUT2D eigenvalue weighted by atomic mass is 16.6. The number of methoxy groups -OCH3 is 1. The second-order valence-electron chi connectivity index (χ2n) is 13.3. The van der Waals surface area contributed by atoms with Crippen LogP contribution in [0.25, 0.3) is 11.2 Å². The van der Waals surface area contributed by atoms with Gasteiger partial charge in [-0.15, -0.1) is 0 Å². The predicted octanol–water partition coefficient (Wildman–Crippen LogP) is 3.04. The number of rotatable bonds is 11. The van der Waals surface area contributed by atoms with Crippen LogP contribution < -0.4 is 5.73 Å². The fourth-order valence-corrected chi connectivity index (χ4v) is 6.85. The van der Waals surface area contributed by atoms with Crippen molar-refractivity contribution in [2.45, 2.75) is 96.4 Å². The van der Waals surface area contributed by atoms with Gasteiger partial charge in [0.05, 0.1) is 24.3 Å². The molecule has 0 spiro atoms. The first-order valence-electron chi connectivity index (χ1n) is 15.3. The van der Waals surface area contributed by atoms with Crippen molar-refractivity contribution in [3.05, 3.63) is 36.1 Å². The molecule has 4 heterocycles. The van der Waals surface area contributed by atoms with Gasteiger partial charge < -0.3 is 25.4 Å². The molecule has 2 aromatic heterocycles. The first kappa shape index (κ1) is 30.0. The van der Waals surface area contributed by atoms with E-state index in [1.807, 2.05) is 0 Å². The minimum absolute atomic E-state index is 0.0266. The van der Waals surface area contributed by atoms with E-state index in [-0.39, 0.29) is 17.3 Å². The molecule has 2 aliphatic carbocycles. The number of nitrogen functional groups attached to an aromatic ring is 1. The highest BCUT2D eigenvalue weighted by Gasteiger charge is 2.46. The van der Waals surface area contributed by atoms with Gasteiger partial charge in [0.25, 0.3) is 0 Å². The van der Waals surface area contributed by atoms with Gasteiger partial charge >= 0.3 is 0 Å². The lowest BCUT2D eigenvalue weighted by Gasteiger charge is -2.46. The molecule has 1 saturated carbocycles. The number of nitrogens with zero attached hydrogens (tertiary/aromatic N) is 7. The number of hydrogen-bond acceptors (Lipinski definition) is 11. The van der Waals surface area contributed by atoms with E-state index in [9.17, 15) is 10.2 Å². The Kier molecular flexibility index (Phi) is 8.24. The number of anilines is 1. The quantitative estimate of drug-likeness (QED) is 0.357. The Morgan fingerprint density at radius 3 is 2.67 bits per heavy atom. The maximum absolute atomic E-state index is 11.0. The number of amidine groups is 1. The van der Waals surface area contributed by atoms with E-state index in [4.69, 9.17) is 25.2 Å². The van der Waals surface area contributed by atoms with Crippen LogP contribution in [0.15, 0.2) is 46.1 Å². The smallest absolute Gasteiger partial charge is 0.167 e. The van der Waals surface area contributed by atoms with Crippen LogP contribution in [-0.2, 0) is 9.47 Å². The van der Waals surface area contributed by atoms with Crippen molar-refractivity contribution in [1.82, 2.24) is 24.4 Å². The second kappa shape index (κ2) is 11.8. The van der Waals surface area contributed by atoms with E-state index >= 15 is 0 Å². The van der Waals surface area contributed by atoms with Crippen LogP contribution in [-0.4, -0.2) is 96.8 Å². The lowest BCUT2D eigenvalue weighted by molar-refractivity contribution is -0.0619. The molecule has 0 amide bonds.